The summed E-state index contributed by atoms with van der Waals surface area (Å²) >= 11 is 0. The fourth-order valence-electron chi connectivity index (χ4n) is 5.64. The predicted octanol–water partition coefficient (Wildman–Crippen LogP) is 4.36. The molecule has 0 radical (unpaired) electrons. The molecule has 0 aromatic heterocycles. The fraction of sp³-hybridized carbons (Fsp3) is 0.286. The summed E-state index contributed by atoms with van der Waals surface area (Å²) in [5.41, 5.74) is -0.259. The largest absolute Gasteiger partial charge is 0.497 e. The molecule has 2 aliphatic heterocycles. The third-order valence-electron chi connectivity index (χ3n) is 8.04. The van der Waals surface area contributed by atoms with Crippen molar-refractivity contribution in [1.82, 2.24) is 5.06 Å². The number of hydroxylamine groups is 2. The van der Waals surface area contributed by atoms with E-state index in [1.807, 2.05) is 97.1 Å². The van der Waals surface area contributed by atoms with Crippen LogP contribution in [0.1, 0.15) is 18.1 Å². The van der Waals surface area contributed by atoms with E-state index < -0.39 is 35.9 Å². The average molecular weight is 600 g/mol. The summed E-state index contributed by atoms with van der Waals surface area (Å²) in [7, 11) is 3.21. The molecule has 4 aromatic carbocycles. The third kappa shape index (κ3) is 5.62. The molecule has 2 saturated heterocycles. The number of benzene rings is 4. The maximum atomic E-state index is 13.2. The van der Waals surface area contributed by atoms with Gasteiger partial charge in [-0.05, 0) is 53.1 Å². The summed E-state index contributed by atoms with van der Waals surface area (Å²) in [5.74, 6) is 1.42. The van der Waals surface area contributed by atoms with Gasteiger partial charge in [0.05, 0.1) is 35.3 Å². The molecule has 1 amide bonds. The lowest BCUT2D eigenvalue weighted by Crippen LogP contribution is -2.62. The van der Waals surface area contributed by atoms with Crippen LogP contribution in [0.2, 0.25) is 0 Å². The van der Waals surface area contributed by atoms with E-state index in [0.29, 0.717) is 17.2 Å². The first kappa shape index (κ1) is 28.4. The Labute approximate surface area is 257 Å². The number of hydrogen-bond acceptors (Lipinski definition) is 8. The Morgan fingerprint density at radius 1 is 0.864 bits per heavy atom. The highest BCUT2D eigenvalue weighted by Crippen LogP contribution is 2.44. The number of methoxy groups -OCH3 is 2. The van der Waals surface area contributed by atoms with Gasteiger partial charge in [-0.25, -0.2) is 5.06 Å². The van der Waals surface area contributed by atoms with Crippen LogP contribution >= 0.6 is 0 Å². The van der Waals surface area contributed by atoms with Gasteiger partial charge in [0.2, 0.25) is 0 Å². The Hall–Kier alpha value is -4.41. The van der Waals surface area contributed by atoms with Crippen LogP contribution in [0.4, 0.5) is 0 Å². The minimum atomic E-state index is -1.46. The Balaban J connectivity index is 1.36. The highest BCUT2D eigenvalue weighted by atomic mass is 16.7. The summed E-state index contributed by atoms with van der Waals surface area (Å²) in [6.07, 6.45) is -2.34. The van der Waals surface area contributed by atoms with Crippen molar-refractivity contribution in [2.24, 2.45) is 0 Å². The van der Waals surface area contributed by atoms with Crippen LogP contribution in [0.3, 0.4) is 0 Å². The van der Waals surface area contributed by atoms with Crippen molar-refractivity contribution in [3.05, 3.63) is 126 Å². The van der Waals surface area contributed by atoms with Crippen molar-refractivity contribution in [3.8, 4) is 17.2 Å². The Morgan fingerprint density at radius 3 is 1.98 bits per heavy atom. The Kier molecular flexibility index (Phi) is 8.17. The van der Waals surface area contributed by atoms with Crippen molar-refractivity contribution >= 4 is 5.91 Å². The second-order valence-electron chi connectivity index (χ2n) is 10.7. The molecule has 44 heavy (non-hydrogen) atoms. The van der Waals surface area contributed by atoms with E-state index in [1.54, 1.807) is 26.4 Å². The molecule has 9 nitrogen and oxygen atoms in total. The number of hydrogen-bond donors (Lipinski definition) is 1. The first-order valence-electron chi connectivity index (χ1n) is 14.9. The lowest BCUT2D eigenvalue weighted by atomic mass is 9.79. The number of carbonyl (C=O) groups excluding carboxylic acids is 1. The summed E-state index contributed by atoms with van der Waals surface area (Å²) in [6, 6.07) is 33.8. The predicted molar refractivity (Wildman–Crippen MR) is 161 cm³/mol. The first-order valence-corrected chi connectivity index (χ1v) is 14.3. The molecule has 2 aliphatic rings. The molecular formula is C35H35NO8. The lowest BCUT2D eigenvalue weighted by Gasteiger charge is -2.44. The van der Waals surface area contributed by atoms with Crippen molar-refractivity contribution in [2.75, 3.05) is 40.6 Å². The smallest absolute Gasteiger partial charge is 0.284 e. The Morgan fingerprint density at radius 2 is 1.41 bits per heavy atom. The van der Waals surface area contributed by atoms with Crippen LogP contribution < -0.4 is 14.2 Å². The van der Waals surface area contributed by atoms with E-state index in [4.69, 9.17) is 29.9 Å². The van der Waals surface area contributed by atoms with Gasteiger partial charge >= 0.3 is 0 Å². The number of nitrogens with zero attached hydrogens (tertiary/aromatic N) is 1. The molecule has 1 N–H and O–H groups in total. The number of fused-ring (bicyclic) bond motifs is 2. The van der Waals surface area contributed by atoms with Gasteiger partial charge in [-0.1, -0.05) is 72.8 Å². The molecule has 9 heteroatoms. The van der Waals surface area contributed by atoms with E-state index in [-0.39, 0.29) is 19.8 Å². The van der Waals surface area contributed by atoms with Gasteiger partial charge in [-0.15, -0.1) is 0 Å². The fourth-order valence-corrected chi connectivity index (χ4v) is 5.64. The summed E-state index contributed by atoms with van der Waals surface area (Å²) in [5, 5.41) is 12.5. The van der Waals surface area contributed by atoms with Crippen LogP contribution in [-0.2, 0) is 24.7 Å². The van der Waals surface area contributed by atoms with Crippen LogP contribution in [0.25, 0.3) is 0 Å². The molecule has 4 aromatic rings. The van der Waals surface area contributed by atoms with Crippen LogP contribution in [0, 0.1) is 0 Å². The summed E-state index contributed by atoms with van der Waals surface area (Å²) in [4.78, 5) is 19.0. The van der Waals surface area contributed by atoms with Crippen LogP contribution in [0.15, 0.2) is 109 Å². The van der Waals surface area contributed by atoms with Gasteiger partial charge in [0.1, 0.15) is 40.7 Å². The van der Waals surface area contributed by atoms with Gasteiger partial charge in [-0.2, -0.15) is 0 Å². The van der Waals surface area contributed by atoms with Gasteiger partial charge in [0.15, 0.2) is 6.61 Å². The van der Waals surface area contributed by atoms with Crippen molar-refractivity contribution in [1.29, 1.82) is 0 Å². The summed E-state index contributed by atoms with van der Waals surface area (Å²) in [6.45, 7) is -1.89. The molecule has 4 atom stereocenters. The molecule has 2 heterocycles. The van der Waals surface area contributed by atoms with Gasteiger partial charge in [0, 0.05) is 0 Å². The highest BCUT2D eigenvalue weighted by Gasteiger charge is 2.58. The maximum Gasteiger partial charge on any atom is 0.284 e. The zero-order chi connectivity index (χ0) is 31.4. The second-order valence-corrected chi connectivity index (χ2v) is 10.7. The number of aliphatic hydroxyl groups excluding tert-OH is 1. The average Bonchev–Trinajstić information content (AvgIpc) is 3.21. The maximum absolute atomic E-state index is 13.2. The van der Waals surface area contributed by atoms with E-state index in [0.717, 1.165) is 21.8 Å². The minimum absolute atomic E-state index is 0.173. The normalized spacial score (nSPS) is 23.1. The van der Waals surface area contributed by atoms with Crippen LogP contribution in [-0.4, -0.2) is 74.4 Å². The number of rotatable bonds is 11. The number of ether oxygens (including phenoxy) is 5. The molecule has 6 rings (SSSR count). The quantitative estimate of drug-likeness (QED) is 0.254. The van der Waals surface area contributed by atoms with E-state index in [1.165, 1.54) is 0 Å². The lowest BCUT2D eigenvalue weighted by molar-refractivity contribution is -0.263. The van der Waals surface area contributed by atoms with Crippen molar-refractivity contribution < 1.29 is 39.8 Å². The molecule has 2 bridgehead atoms. The molecule has 228 valence electrons. The Bertz CT molecular complexity index is 1520. The number of para-hydroxylation sites is 1. The molecule has 0 saturated carbocycles. The van der Waals surface area contributed by atoms with Gasteiger partial charge < -0.3 is 28.8 Å². The van der Waals surface area contributed by atoms with E-state index >= 15 is 0 Å². The van der Waals surface area contributed by atoms with Gasteiger partial charge in [-0.3, -0.25) is 9.63 Å². The number of aliphatic hydroxyl groups is 1. The monoisotopic (exact) mass is 599 g/mol. The first-order chi connectivity index (χ1) is 21.9. The SMILES string of the molecule is [3H]C1O[C@@]2(COC(c3ccccc3)(c3ccc(OC)cc3)c3ccc(OC)cc3)CN(C(=O)COc3ccccc3)O[C@H]1C2O. The number of carbonyl (C=O) groups is 1. The molecule has 0 spiro atoms. The third-order valence-corrected chi connectivity index (χ3v) is 8.04. The molecule has 0 aliphatic carbocycles. The molecule has 2 fully saturated rings. The van der Waals surface area contributed by atoms with Gasteiger partial charge in [0.25, 0.3) is 5.91 Å². The zero-order valence-electron chi connectivity index (χ0n) is 25.5. The highest BCUT2D eigenvalue weighted by molar-refractivity contribution is 5.77. The van der Waals surface area contributed by atoms with Crippen molar-refractivity contribution in [3.63, 3.8) is 0 Å². The second kappa shape index (κ2) is 12.7. The number of amides is 1. The standard InChI is InChI=1S/C35H35NO8/c1-39-28-17-13-26(14-18-28)35(25-9-5-3-6-10-25,27-15-19-29(40-2)20-16-27)43-24-34-23-36(44-31(21-42-34)33(34)38)32(37)22-41-30-11-7-4-8-12-30/h3-20,31,33,38H,21-24H2,1-2H3/t31-,33?,34-/m1/s1/i21T/t21?,31-,33?,34-. The molecule has 2 unspecified atom stereocenters. The minimum Gasteiger partial charge on any atom is -0.497 e. The van der Waals surface area contributed by atoms with E-state index in [9.17, 15) is 9.90 Å². The van der Waals surface area contributed by atoms with E-state index in [2.05, 4.69) is 0 Å². The topological polar surface area (TPSA) is 95.9 Å². The summed E-state index contributed by atoms with van der Waals surface area (Å²) < 4.78 is 38.1. The van der Waals surface area contributed by atoms with Crippen molar-refractivity contribution in [2.45, 2.75) is 23.4 Å². The van der Waals surface area contributed by atoms with Crippen LogP contribution in [0.5, 0.6) is 17.2 Å². The zero-order valence-corrected chi connectivity index (χ0v) is 24.5. The molecular weight excluding hydrogens is 562 g/mol.